The first-order valence-electron chi connectivity index (χ1n) is 17.9. The van der Waals surface area contributed by atoms with Crippen LogP contribution in [0.4, 0.5) is 20.5 Å². The minimum atomic E-state index is -4.03. The Labute approximate surface area is 332 Å². The number of hydrogen-bond donors (Lipinski definition) is 4. The summed E-state index contributed by atoms with van der Waals surface area (Å²) < 4.78 is 63.9. The zero-order valence-electron chi connectivity index (χ0n) is 30.7. The van der Waals surface area contributed by atoms with Crippen LogP contribution in [0.1, 0.15) is 49.5 Å². The average Bonchev–Trinajstić information content (AvgIpc) is 3.99. The fraction of sp³-hybridized carbons (Fsp3) is 0.441. The van der Waals surface area contributed by atoms with Crippen molar-refractivity contribution < 1.29 is 46.5 Å². The highest BCUT2D eigenvalue weighted by molar-refractivity contribution is 8.07. The molecular weight excluding hydrogens is 807 g/mol. The molecule has 306 valence electrons. The number of halogens is 2. The van der Waals surface area contributed by atoms with E-state index in [1.807, 2.05) is 6.07 Å². The van der Waals surface area contributed by atoms with Crippen LogP contribution in [0.5, 0.6) is 0 Å². The van der Waals surface area contributed by atoms with E-state index < -0.39 is 86.3 Å². The van der Waals surface area contributed by atoms with Gasteiger partial charge in [0.1, 0.15) is 37.0 Å². The summed E-state index contributed by atoms with van der Waals surface area (Å²) >= 11 is 5.62. The number of ether oxygens (including phenoxy) is 2. The number of amides is 2. The monoisotopic (exact) mass is 843 g/mol. The van der Waals surface area contributed by atoms with E-state index in [0.717, 1.165) is 6.33 Å². The first kappa shape index (κ1) is 41.0. The maximum Gasteiger partial charge on any atom is 0.327 e. The fourth-order valence-electron chi connectivity index (χ4n) is 6.17. The molecule has 4 N–H and O–H groups in total. The Morgan fingerprint density at radius 1 is 1.07 bits per heavy atom. The Balaban J connectivity index is 1.06. The quantitative estimate of drug-likeness (QED) is 0.0872. The van der Waals surface area contributed by atoms with E-state index in [1.165, 1.54) is 21.8 Å². The number of hydrogen-bond acceptors (Lipinski definition) is 16. The molecule has 2 saturated heterocycles. The summed E-state index contributed by atoms with van der Waals surface area (Å²) in [6, 6.07) is 10.3. The highest BCUT2D eigenvalue weighted by Crippen LogP contribution is 2.55. The lowest BCUT2D eigenvalue weighted by molar-refractivity contribution is -0.118. The first-order chi connectivity index (χ1) is 27.9. The lowest BCUT2D eigenvalue weighted by Gasteiger charge is -2.28. The molecule has 24 heteroatoms. The van der Waals surface area contributed by atoms with E-state index in [-0.39, 0.29) is 53.5 Å². The molecule has 0 aliphatic carbocycles. The minimum absolute atomic E-state index is 0.0278. The standard InChI is InChI=1S/C34H36F2N11O9PS/c1-17(2)30(49)44-34-43-29-25(32(51)45-34)41-15-46(29)22-11-19(35)21(54-22)13-53-57(58,52-10-6-9-37)56-26-20(12-48)55-33(23(26)36)47-16-40-24-27(38-14-39-28(24)47)42-31(50)18-7-4-3-5-8-18/h3-5,7-8,14-17,19-23,26,33,48H,6,10-13H2,1-2H3,(H,38,39,42,50)(H2,43,44,45,49,51)/t19-,20?,21-,22-,23?,26+,33?,57?/m1/s1. The predicted octanol–water partition coefficient (Wildman–Crippen LogP) is 3.22. The molecule has 7 rings (SSSR count). The molecular formula is C34H36F2N11O9PS. The van der Waals surface area contributed by atoms with Crippen molar-refractivity contribution in [2.45, 2.75) is 69.8 Å². The second kappa shape index (κ2) is 17.4. The van der Waals surface area contributed by atoms with Gasteiger partial charge in [-0.15, -0.1) is 0 Å². The molecule has 6 heterocycles. The van der Waals surface area contributed by atoms with E-state index in [1.54, 1.807) is 44.2 Å². The minimum Gasteiger partial charge on any atom is -0.394 e. The van der Waals surface area contributed by atoms with Crippen LogP contribution in [-0.2, 0) is 39.6 Å². The Bertz CT molecular complexity index is 2450. The number of anilines is 2. The van der Waals surface area contributed by atoms with Gasteiger partial charge in [0.25, 0.3) is 11.5 Å². The van der Waals surface area contributed by atoms with Crippen LogP contribution in [0.3, 0.4) is 0 Å². The van der Waals surface area contributed by atoms with Crippen molar-refractivity contribution in [2.75, 3.05) is 30.5 Å². The van der Waals surface area contributed by atoms with Crippen molar-refractivity contribution in [3.63, 3.8) is 0 Å². The number of aromatic nitrogens is 8. The van der Waals surface area contributed by atoms with Gasteiger partial charge in [0, 0.05) is 17.9 Å². The van der Waals surface area contributed by atoms with Gasteiger partial charge in [0.2, 0.25) is 11.9 Å². The van der Waals surface area contributed by atoms with Crippen LogP contribution >= 0.6 is 6.72 Å². The maximum atomic E-state index is 16.5. The van der Waals surface area contributed by atoms with Gasteiger partial charge in [0.15, 0.2) is 40.5 Å². The Morgan fingerprint density at radius 2 is 1.83 bits per heavy atom. The van der Waals surface area contributed by atoms with Crippen LogP contribution in [0.15, 0.2) is 54.1 Å². The van der Waals surface area contributed by atoms with Gasteiger partial charge < -0.3 is 28.9 Å². The number of nitriles is 1. The van der Waals surface area contributed by atoms with Crippen molar-refractivity contribution >= 4 is 64.4 Å². The molecule has 2 amide bonds. The summed E-state index contributed by atoms with van der Waals surface area (Å²) in [4.78, 5) is 61.2. The van der Waals surface area contributed by atoms with Crippen molar-refractivity contribution in [1.29, 1.82) is 5.26 Å². The highest BCUT2D eigenvalue weighted by atomic mass is 32.5. The summed E-state index contributed by atoms with van der Waals surface area (Å²) in [6.45, 7) is -2.26. The van der Waals surface area contributed by atoms with Crippen molar-refractivity contribution in [3.05, 3.63) is 65.2 Å². The molecule has 4 aromatic heterocycles. The molecule has 58 heavy (non-hydrogen) atoms. The third kappa shape index (κ3) is 8.50. The van der Waals surface area contributed by atoms with Gasteiger partial charge in [-0.2, -0.15) is 10.2 Å². The van der Waals surface area contributed by atoms with Crippen molar-refractivity contribution in [1.82, 2.24) is 39.0 Å². The second-order valence-corrected chi connectivity index (χ2v) is 16.3. The molecule has 5 aromatic rings. The van der Waals surface area contributed by atoms with E-state index in [2.05, 4.69) is 40.5 Å². The summed E-state index contributed by atoms with van der Waals surface area (Å²) in [6.07, 6.45) is -7.09. The third-order valence-corrected chi connectivity index (χ3v) is 11.5. The fourth-order valence-corrected chi connectivity index (χ4v) is 8.27. The van der Waals surface area contributed by atoms with Crippen LogP contribution < -0.4 is 16.2 Å². The number of nitrogens with one attached hydrogen (secondary N) is 3. The molecule has 0 spiro atoms. The van der Waals surface area contributed by atoms with Crippen molar-refractivity contribution in [2.24, 2.45) is 5.92 Å². The molecule has 1 aromatic carbocycles. The van der Waals surface area contributed by atoms with Crippen LogP contribution in [0.2, 0.25) is 0 Å². The highest BCUT2D eigenvalue weighted by Gasteiger charge is 2.50. The molecule has 8 atom stereocenters. The number of aromatic amines is 1. The van der Waals surface area contributed by atoms with E-state index >= 15 is 8.78 Å². The number of carbonyl (C=O) groups is 2. The lowest BCUT2D eigenvalue weighted by Crippen LogP contribution is -2.34. The summed E-state index contributed by atoms with van der Waals surface area (Å²) in [5.74, 6) is -1.33. The number of aliphatic hydroxyl groups excluding tert-OH is 1. The van der Waals surface area contributed by atoms with E-state index in [4.69, 9.17) is 40.1 Å². The number of fused-ring (bicyclic) bond motifs is 2. The number of carbonyl (C=O) groups excluding carboxylic acids is 2. The summed E-state index contributed by atoms with van der Waals surface area (Å²) in [5.41, 5.74) is -0.0982. The number of rotatable bonds is 15. The average molecular weight is 844 g/mol. The summed E-state index contributed by atoms with van der Waals surface area (Å²) in [7, 11) is 0. The zero-order chi connectivity index (χ0) is 41.1. The number of aliphatic hydroxyl groups is 1. The topological polar surface area (TPSA) is 256 Å². The van der Waals surface area contributed by atoms with E-state index in [9.17, 15) is 19.5 Å². The maximum absolute atomic E-state index is 16.5. The zero-order valence-corrected chi connectivity index (χ0v) is 32.4. The SMILES string of the molecule is CC(C)C(=O)Nc1nc2c(ncn2[C@H]2C[C@@H](F)[C@@H](COP(=S)(OCCC#N)O[C@H]3C(CO)OC(n4cnc5c(NC(=O)c6ccccc6)ncnc54)C3F)O2)c(=O)[nH]1. The van der Waals surface area contributed by atoms with Crippen LogP contribution in [0.25, 0.3) is 22.3 Å². The van der Waals surface area contributed by atoms with Gasteiger partial charge in [-0.1, -0.05) is 32.0 Å². The van der Waals surface area contributed by atoms with Gasteiger partial charge in [-0.3, -0.25) is 38.3 Å². The van der Waals surface area contributed by atoms with Crippen molar-refractivity contribution in [3.8, 4) is 6.07 Å². The predicted molar refractivity (Wildman–Crippen MR) is 202 cm³/mol. The number of imidazole rings is 2. The third-order valence-electron chi connectivity index (χ3n) is 9.13. The molecule has 0 bridgehead atoms. The largest absolute Gasteiger partial charge is 0.394 e. The normalized spacial score (nSPS) is 24.3. The molecule has 2 aliphatic heterocycles. The van der Waals surface area contributed by atoms with Crippen LogP contribution in [-0.4, -0.2) is 106 Å². The number of nitrogens with zero attached hydrogens (tertiary/aromatic N) is 8. The Kier molecular flexibility index (Phi) is 12.3. The van der Waals surface area contributed by atoms with Gasteiger partial charge in [0.05, 0.1) is 45.0 Å². The van der Waals surface area contributed by atoms with Gasteiger partial charge in [-0.25, -0.2) is 28.7 Å². The second-order valence-electron chi connectivity index (χ2n) is 13.4. The first-order valence-corrected chi connectivity index (χ1v) is 20.4. The smallest absolute Gasteiger partial charge is 0.327 e. The van der Waals surface area contributed by atoms with E-state index in [0.29, 0.717) is 5.56 Å². The molecule has 2 fully saturated rings. The number of alkyl halides is 2. The van der Waals surface area contributed by atoms with Gasteiger partial charge >= 0.3 is 6.72 Å². The molecule has 2 aliphatic rings. The molecule has 0 radical (unpaired) electrons. The number of H-pyrrole nitrogens is 1. The van der Waals surface area contributed by atoms with Crippen LogP contribution in [0, 0.1) is 17.2 Å². The number of benzene rings is 1. The molecule has 0 saturated carbocycles. The molecule has 20 nitrogen and oxygen atoms in total. The Morgan fingerprint density at radius 3 is 2.57 bits per heavy atom. The lowest BCUT2D eigenvalue weighted by atomic mass is 10.1. The summed E-state index contributed by atoms with van der Waals surface area (Å²) in [5, 5.41) is 24.6. The van der Waals surface area contributed by atoms with Gasteiger partial charge in [-0.05, 0) is 23.9 Å². The molecule has 4 unspecified atom stereocenters. The Hall–Kier alpha value is -5.18.